The van der Waals surface area contributed by atoms with Crippen molar-refractivity contribution in [2.45, 2.75) is 40.5 Å². The van der Waals surface area contributed by atoms with Crippen molar-refractivity contribution in [1.82, 2.24) is 0 Å². The second-order valence-corrected chi connectivity index (χ2v) is 6.21. The lowest BCUT2D eigenvalue weighted by atomic mass is 9.81. The number of hydrogen-bond donors (Lipinski definition) is 1. The number of ether oxygens (including phenoxy) is 1. The SMILES string of the molecule is CC(C)CC(C)(C)CC(=O)Oc1ccccc1C(=O)O. The van der Waals surface area contributed by atoms with Gasteiger partial charge in [0.25, 0.3) is 0 Å². The molecule has 0 heterocycles. The Hall–Kier alpha value is -1.84. The maximum Gasteiger partial charge on any atom is 0.339 e. The van der Waals surface area contributed by atoms with Gasteiger partial charge in [0.15, 0.2) is 0 Å². The first-order valence-corrected chi connectivity index (χ1v) is 6.74. The summed E-state index contributed by atoms with van der Waals surface area (Å²) in [5.41, 5.74) is -0.161. The van der Waals surface area contributed by atoms with Gasteiger partial charge >= 0.3 is 11.9 Å². The van der Waals surface area contributed by atoms with Crippen LogP contribution in [0.3, 0.4) is 0 Å². The van der Waals surface area contributed by atoms with E-state index in [1.165, 1.54) is 12.1 Å². The number of hydrogen-bond acceptors (Lipinski definition) is 3. The molecule has 4 nitrogen and oxygen atoms in total. The van der Waals surface area contributed by atoms with Crippen LogP contribution in [0.5, 0.6) is 5.75 Å². The molecule has 0 unspecified atom stereocenters. The Bertz CT molecular complexity index is 489. The minimum absolute atomic E-state index is 0.00233. The topological polar surface area (TPSA) is 63.6 Å². The minimum atomic E-state index is -1.10. The summed E-state index contributed by atoms with van der Waals surface area (Å²) in [5, 5.41) is 9.04. The number of esters is 1. The fourth-order valence-electron chi connectivity index (χ4n) is 2.46. The molecular weight excluding hydrogens is 256 g/mol. The van der Waals surface area contributed by atoms with Gasteiger partial charge in [-0.2, -0.15) is 0 Å². The van der Waals surface area contributed by atoms with Crippen LogP contribution in [-0.2, 0) is 4.79 Å². The average molecular weight is 278 g/mol. The first kappa shape index (κ1) is 16.2. The van der Waals surface area contributed by atoms with Crippen molar-refractivity contribution in [2.75, 3.05) is 0 Å². The zero-order chi connectivity index (χ0) is 15.3. The lowest BCUT2D eigenvalue weighted by Crippen LogP contribution is -2.23. The highest BCUT2D eigenvalue weighted by molar-refractivity contribution is 5.92. The summed E-state index contributed by atoms with van der Waals surface area (Å²) in [5.74, 6) is -0.909. The molecule has 0 aliphatic carbocycles. The van der Waals surface area contributed by atoms with Crippen LogP contribution in [-0.4, -0.2) is 17.0 Å². The number of carbonyl (C=O) groups is 2. The first-order chi connectivity index (χ1) is 9.21. The molecule has 0 aliphatic heterocycles. The molecule has 0 spiro atoms. The van der Waals surface area contributed by atoms with Crippen LogP contribution in [0.4, 0.5) is 0 Å². The van der Waals surface area contributed by atoms with Crippen LogP contribution < -0.4 is 4.74 Å². The van der Waals surface area contributed by atoms with E-state index in [2.05, 4.69) is 13.8 Å². The number of carboxylic acids is 1. The maximum absolute atomic E-state index is 12.0. The average Bonchev–Trinajstić information content (AvgIpc) is 2.26. The number of carboxylic acid groups (broad SMARTS) is 1. The summed E-state index contributed by atoms with van der Waals surface area (Å²) in [6.45, 7) is 8.23. The van der Waals surface area contributed by atoms with Crippen LogP contribution in [0.15, 0.2) is 24.3 Å². The van der Waals surface area contributed by atoms with Crippen molar-refractivity contribution in [1.29, 1.82) is 0 Å². The van der Waals surface area contributed by atoms with Gasteiger partial charge in [-0.05, 0) is 29.9 Å². The fraction of sp³-hybridized carbons (Fsp3) is 0.500. The Kier molecular flexibility index (Phi) is 5.31. The normalized spacial score (nSPS) is 11.4. The molecule has 1 rings (SSSR count). The molecule has 0 amide bonds. The number of para-hydroxylation sites is 1. The third-order valence-corrected chi connectivity index (χ3v) is 2.92. The highest BCUT2D eigenvalue weighted by Crippen LogP contribution is 2.30. The van der Waals surface area contributed by atoms with E-state index in [1.807, 2.05) is 13.8 Å². The molecule has 0 saturated heterocycles. The van der Waals surface area contributed by atoms with Gasteiger partial charge in [-0.3, -0.25) is 4.79 Å². The quantitative estimate of drug-likeness (QED) is 0.635. The van der Waals surface area contributed by atoms with E-state index in [0.29, 0.717) is 5.92 Å². The van der Waals surface area contributed by atoms with Crippen LogP contribution in [0.25, 0.3) is 0 Å². The molecule has 110 valence electrons. The maximum atomic E-state index is 12.0. The Morgan fingerprint density at radius 3 is 2.40 bits per heavy atom. The predicted molar refractivity (Wildman–Crippen MR) is 76.9 cm³/mol. The zero-order valence-corrected chi connectivity index (χ0v) is 12.5. The van der Waals surface area contributed by atoms with Gasteiger partial charge in [0.2, 0.25) is 0 Å². The molecule has 0 atom stereocenters. The summed E-state index contributed by atoms with van der Waals surface area (Å²) < 4.78 is 5.20. The molecule has 0 saturated carbocycles. The molecule has 0 radical (unpaired) electrons. The number of carbonyl (C=O) groups excluding carboxylic acids is 1. The second kappa shape index (κ2) is 6.55. The first-order valence-electron chi connectivity index (χ1n) is 6.74. The monoisotopic (exact) mass is 278 g/mol. The highest BCUT2D eigenvalue weighted by Gasteiger charge is 2.25. The van der Waals surface area contributed by atoms with E-state index in [-0.39, 0.29) is 23.1 Å². The minimum Gasteiger partial charge on any atom is -0.478 e. The fourth-order valence-corrected chi connectivity index (χ4v) is 2.46. The van der Waals surface area contributed by atoms with Gasteiger partial charge in [-0.25, -0.2) is 4.79 Å². The largest absolute Gasteiger partial charge is 0.478 e. The molecule has 0 aromatic heterocycles. The molecule has 1 aromatic rings. The van der Waals surface area contributed by atoms with Crippen LogP contribution in [0.2, 0.25) is 0 Å². The molecule has 20 heavy (non-hydrogen) atoms. The zero-order valence-electron chi connectivity index (χ0n) is 12.5. The molecule has 1 N–H and O–H groups in total. The van der Waals surface area contributed by atoms with Crippen molar-refractivity contribution in [2.24, 2.45) is 11.3 Å². The van der Waals surface area contributed by atoms with E-state index in [4.69, 9.17) is 9.84 Å². The molecule has 0 fully saturated rings. The lowest BCUT2D eigenvalue weighted by molar-refractivity contribution is -0.136. The van der Waals surface area contributed by atoms with Crippen LogP contribution in [0, 0.1) is 11.3 Å². The van der Waals surface area contributed by atoms with Gasteiger partial charge in [-0.1, -0.05) is 39.8 Å². The van der Waals surface area contributed by atoms with E-state index in [1.54, 1.807) is 12.1 Å². The number of rotatable bonds is 6. The van der Waals surface area contributed by atoms with Crippen molar-refractivity contribution in [3.05, 3.63) is 29.8 Å². The Balaban J connectivity index is 2.75. The smallest absolute Gasteiger partial charge is 0.339 e. The molecule has 0 aliphatic rings. The van der Waals surface area contributed by atoms with Gasteiger partial charge in [0.1, 0.15) is 11.3 Å². The highest BCUT2D eigenvalue weighted by atomic mass is 16.5. The van der Waals surface area contributed by atoms with Gasteiger partial charge in [0.05, 0.1) is 6.42 Å². The van der Waals surface area contributed by atoms with Crippen molar-refractivity contribution in [3.8, 4) is 5.75 Å². The van der Waals surface area contributed by atoms with Crippen molar-refractivity contribution < 1.29 is 19.4 Å². The Morgan fingerprint density at radius 2 is 1.85 bits per heavy atom. The van der Waals surface area contributed by atoms with E-state index >= 15 is 0 Å². The summed E-state index contributed by atoms with van der Waals surface area (Å²) in [6, 6.07) is 6.17. The van der Waals surface area contributed by atoms with Crippen molar-refractivity contribution >= 4 is 11.9 Å². The van der Waals surface area contributed by atoms with Crippen molar-refractivity contribution in [3.63, 3.8) is 0 Å². The van der Waals surface area contributed by atoms with E-state index in [0.717, 1.165) is 6.42 Å². The van der Waals surface area contributed by atoms with Gasteiger partial charge in [-0.15, -0.1) is 0 Å². The van der Waals surface area contributed by atoms with E-state index in [9.17, 15) is 9.59 Å². The number of aromatic carboxylic acids is 1. The van der Waals surface area contributed by atoms with E-state index < -0.39 is 11.9 Å². The third kappa shape index (κ3) is 5.03. The lowest BCUT2D eigenvalue weighted by Gasteiger charge is -2.25. The second-order valence-electron chi connectivity index (χ2n) is 6.21. The van der Waals surface area contributed by atoms with Gasteiger partial charge in [0, 0.05) is 0 Å². The summed E-state index contributed by atoms with van der Waals surface area (Å²) in [4.78, 5) is 23.0. The predicted octanol–water partition coefficient (Wildman–Crippen LogP) is 3.75. The number of benzene rings is 1. The molecule has 4 heteroatoms. The van der Waals surface area contributed by atoms with Crippen LogP contribution in [0.1, 0.15) is 50.9 Å². The van der Waals surface area contributed by atoms with Crippen LogP contribution >= 0.6 is 0 Å². The molecular formula is C16H22O4. The van der Waals surface area contributed by atoms with Gasteiger partial charge < -0.3 is 9.84 Å². The standard InChI is InChI=1S/C16H22O4/c1-11(2)9-16(3,4)10-14(17)20-13-8-6-5-7-12(13)15(18)19/h5-8,11H,9-10H2,1-4H3,(H,18,19). The molecule has 0 bridgehead atoms. The summed E-state index contributed by atoms with van der Waals surface area (Å²) >= 11 is 0. The third-order valence-electron chi connectivity index (χ3n) is 2.92. The molecule has 1 aromatic carbocycles. The Morgan fingerprint density at radius 1 is 1.25 bits per heavy atom. The Labute approximate surface area is 119 Å². The summed E-state index contributed by atoms with van der Waals surface area (Å²) in [7, 11) is 0. The summed E-state index contributed by atoms with van der Waals surface area (Å²) in [6.07, 6.45) is 1.17.